The molecule has 198 valence electrons. The molecule has 2 rings (SSSR count). The maximum atomic E-state index is 12.4. The number of aryl methyl sites for hydroxylation is 1. The van der Waals surface area contributed by atoms with E-state index >= 15 is 0 Å². The van der Waals surface area contributed by atoms with Crippen LogP contribution in [0, 0.1) is 6.92 Å². The van der Waals surface area contributed by atoms with Crippen LogP contribution < -0.4 is 20.7 Å². The summed E-state index contributed by atoms with van der Waals surface area (Å²) in [5.74, 6) is -3.00. The zero-order valence-corrected chi connectivity index (χ0v) is 20.6. The van der Waals surface area contributed by atoms with E-state index in [4.69, 9.17) is 14.9 Å². The molecule has 12 heteroatoms. The van der Waals surface area contributed by atoms with Gasteiger partial charge in [-0.05, 0) is 36.2 Å². The number of nitrogens with one attached hydrogen (secondary N) is 3. The summed E-state index contributed by atoms with van der Waals surface area (Å²) >= 11 is 0. The van der Waals surface area contributed by atoms with E-state index in [2.05, 4.69) is 16.0 Å². The lowest BCUT2D eigenvalue weighted by Crippen LogP contribution is -2.42. The number of methoxy groups -OCH3 is 1. The molecule has 0 saturated carbocycles. The number of ether oxygens (including phenoxy) is 1. The lowest BCUT2D eigenvalue weighted by molar-refractivity contribution is -0.140. The summed E-state index contributed by atoms with van der Waals surface area (Å²) in [5, 5.41) is 25.6. The Hall–Kier alpha value is -4.61. The number of nitrogens with zero attached hydrogens (tertiary/aromatic N) is 1. The molecule has 5 N–H and O–H groups in total. The molecule has 0 bridgehead atoms. The van der Waals surface area contributed by atoms with E-state index in [0.717, 1.165) is 10.5 Å². The van der Waals surface area contributed by atoms with Gasteiger partial charge in [0.05, 0.1) is 38.6 Å². The van der Waals surface area contributed by atoms with Crippen molar-refractivity contribution in [1.82, 2.24) is 10.2 Å². The van der Waals surface area contributed by atoms with E-state index in [-0.39, 0.29) is 32.4 Å². The second-order valence-electron chi connectivity index (χ2n) is 8.05. The van der Waals surface area contributed by atoms with Gasteiger partial charge in [-0.3, -0.25) is 19.2 Å². The van der Waals surface area contributed by atoms with Gasteiger partial charge in [0.15, 0.2) is 0 Å². The Morgan fingerprint density at radius 3 is 2.11 bits per heavy atom. The van der Waals surface area contributed by atoms with E-state index in [1.54, 1.807) is 30.3 Å². The van der Waals surface area contributed by atoms with E-state index in [9.17, 15) is 24.0 Å². The van der Waals surface area contributed by atoms with Gasteiger partial charge in [-0.2, -0.15) is 0 Å². The third-order valence-corrected chi connectivity index (χ3v) is 5.25. The van der Waals surface area contributed by atoms with Crippen LogP contribution in [0.3, 0.4) is 0 Å². The lowest BCUT2D eigenvalue weighted by atomic mass is 10.1. The number of hydrogen-bond acceptors (Lipinski definition) is 6. The average Bonchev–Trinajstić information content (AvgIpc) is 2.84. The first kappa shape index (κ1) is 28.6. The van der Waals surface area contributed by atoms with Crippen molar-refractivity contribution in [3.05, 3.63) is 53.6 Å². The molecule has 0 aromatic heterocycles. The Labute approximate surface area is 213 Å². The number of anilines is 2. The first-order chi connectivity index (χ1) is 17.6. The third-order valence-electron chi connectivity index (χ3n) is 5.25. The van der Waals surface area contributed by atoms with Gasteiger partial charge < -0.3 is 35.8 Å². The van der Waals surface area contributed by atoms with Gasteiger partial charge >= 0.3 is 18.0 Å². The highest BCUT2D eigenvalue weighted by molar-refractivity contribution is 6.01. The highest BCUT2D eigenvalue weighted by atomic mass is 16.5. The number of carboxylic acids is 2. The van der Waals surface area contributed by atoms with Crippen molar-refractivity contribution in [2.75, 3.05) is 37.4 Å². The fourth-order valence-corrected chi connectivity index (χ4v) is 3.29. The fourth-order valence-electron chi connectivity index (χ4n) is 3.29. The molecule has 0 saturated heterocycles. The highest BCUT2D eigenvalue weighted by Gasteiger charge is 2.17. The van der Waals surface area contributed by atoms with Gasteiger partial charge in [0.1, 0.15) is 5.75 Å². The first-order valence-corrected chi connectivity index (χ1v) is 11.4. The maximum absolute atomic E-state index is 12.4. The molecule has 0 radical (unpaired) electrons. The number of para-hydroxylation sites is 1. The molecular formula is C25H30N4O8. The van der Waals surface area contributed by atoms with Crippen LogP contribution in [0.2, 0.25) is 0 Å². The number of aliphatic carboxylic acids is 2. The minimum Gasteiger partial charge on any atom is -0.495 e. The van der Waals surface area contributed by atoms with Crippen LogP contribution in [0.25, 0.3) is 0 Å². The normalized spacial score (nSPS) is 10.2. The minimum atomic E-state index is -1.13. The highest BCUT2D eigenvalue weighted by Crippen LogP contribution is 2.26. The van der Waals surface area contributed by atoms with Crippen LogP contribution >= 0.6 is 0 Å². The summed E-state index contributed by atoms with van der Waals surface area (Å²) in [7, 11) is 1.42. The predicted octanol–water partition coefficient (Wildman–Crippen LogP) is 2.08. The Morgan fingerprint density at radius 2 is 1.51 bits per heavy atom. The molecule has 0 unspecified atom stereocenters. The van der Waals surface area contributed by atoms with Crippen molar-refractivity contribution in [1.29, 1.82) is 0 Å². The third kappa shape index (κ3) is 9.88. The molecule has 4 amide bonds. The number of amides is 4. The van der Waals surface area contributed by atoms with Crippen molar-refractivity contribution in [3.8, 4) is 5.75 Å². The monoisotopic (exact) mass is 514 g/mol. The smallest absolute Gasteiger partial charge is 0.323 e. The fraction of sp³-hybridized carbons (Fsp3) is 0.320. The molecule has 0 atom stereocenters. The van der Waals surface area contributed by atoms with Crippen LogP contribution in [0.1, 0.15) is 24.0 Å². The van der Waals surface area contributed by atoms with Crippen LogP contribution in [0.15, 0.2) is 42.5 Å². The topological polar surface area (TPSA) is 174 Å². The molecule has 0 heterocycles. The quantitative estimate of drug-likeness (QED) is 0.270. The summed E-state index contributed by atoms with van der Waals surface area (Å²) in [6, 6.07) is 11.6. The summed E-state index contributed by atoms with van der Waals surface area (Å²) in [4.78, 5) is 59.9. The SMILES string of the molecule is COc1cc(CC(=O)NCC(=O)N(CCC(=O)O)CCC(=O)O)ccc1NC(=O)Nc1ccccc1C. The number of urea groups is 1. The van der Waals surface area contributed by atoms with Gasteiger partial charge in [-0.1, -0.05) is 24.3 Å². The Morgan fingerprint density at radius 1 is 0.892 bits per heavy atom. The molecule has 0 spiro atoms. The van der Waals surface area contributed by atoms with Crippen molar-refractivity contribution in [2.24, 2.45) is 0 Å². The molecule has 0 aliphatic carbocycles. The number of rotatable bonds is 13. The van der Waals surface area contributed by atoms with Gasteiger partial charge in [0, 0.05) is 18.8 Å². The van der Waals surface area contributed by atoms with E-state index in [0.29, 0.717) is 22.7 Å². The summed E-state index contributed by atoms with van der Waals surface area (Å²) in [5.41, 5.74) is 2.50. The Balaban J connectivity index is 1.94. The lowest BCUT2D eigenvalue weighted by Gasteiger charge is -2.21. The second-order valence-corrected chi connectivity index (χ2v) is 8.05. The van der Waals surface area contributed by atoms with Crippen molar-refractivity contribution in [2.45, 2.75) is 26.2 Å². The molecule has 0 aliphatic rings. The number of carbonyl (C=O) groups is 5. The minimum absolute atomic E-state index is 0.0937. The molecule has 37 heavy (non-hydrogen) atoms. The van der Waals surface area contributed by atoms with Gasteiger partial charge in [-0.15, -0.1) is 0 Å². The Bertz CT molecular complexity index is 1130. The van der Waals surface area contributed by atoms with Crippen molar-refractivity contribution < 1.29 is 38.9 Å². The first-order valence-electron chi connectivity index (χ1n) is 11.4. The number of carbonyl (C=O) groups excluding carboxylic acids is 3. The maximum Gasteiger partial charge on any atom is 0.323 e. The molecule has 0 fully saturated rings. The van der Waals surface area contributed by atoms with Crippen LogP contribution in [0.5, 0.6) is 5.75 Å². The Kier molecular flexibility index (Phi) is 10.9. The largest absolute Gasteiger partial charge is 0.495 e. The van der Waals surface area contributed by atoms with Crippen molar-refractivity contribution >= 4 is 41.2 Å². The summed E-state index contributed by atoms with van der Waals surface area (Å²) in [6.45, 7) is 1.13. The number of hydrogen-bond donors (Lipinski definition) is 5. The molecular weight excluding hydrogens is 484 g/mol. The zero-order valence-electron chi connectivity index (χ0n) is 20.6. The van der Waals surface area contributed by atoms with Gasteiger partial charge in [-0.25, -0.2) is 4.79 Å². The number of carboxylic acid groups (broad SMARTS) is 2. The van der Waals surface area contributed by atoms with Crippen LogP contribution in [-0.2, 0) is 25.6 Å². The zero-order chi connectivity index (χ0) is 27.4. The summed E-state index contributed by atoms with van der Waals surface area (Å²) < 4.78 is 5.33. The molecule has 0 aliphatic heterocycles. The predicted molar refractivity (Wildman–Crippen MR) is 135 cm³/mol. The van der Waals surface area contributed by atoms with E-state index < -0.39 is 36.3 Å². The second kappa shape index (κ2) is 14.1. The van der Waals surface area contributed by atoms with Crippen molar-refractivity contribution in [3.63, 3.8) is 0 Å². The average molecular weight is 515 g/mol. The van der Waals surface area contributed by atoms with E-state index in [1.807, 2.05) is 19.1 Å². The molecule has 2 aromatic carbocycles. The van der Waals surface area contributed by atoms with Gasteiger partial charge in [0.25, 0.3) is 0 Å². The van der Waals surface area contributed by atoms with Crippen LogP contribution in [0.4, 0.5) is 16.2 Å². The van der Waals surface area contributed by atoms with Crippen LogP contribution in [-0.4, -0.2) is 71.6 Å². The molecule has 2 aromatic rings. The summed E-state index contributed by atoms with van der Waals surface area (Å²) in [6.07, 6.45) is -0.783. The van der Waals surface area contributed by atoms with E-state index in [1.165, 1.54) is 7.11 Å². The number of benzene rings is 2. The van der Waals surface area contributed by atoms with Gasteiger partial charge in [0.2, 0.25) is 11.8 Å². The molecule has 12 nitrogen and oxygen atoms in total. The standard InChI is InChI=1S/C25H30N4O8/c1-16-5-3-4-6-18(16)27-25(36)28-19-8-7-17(13-20(19)37-2)14-21(30)26-15-22(31)29(11-9-23(32)33)12-10-24(34)35/h3-8,13H,9-12,14-15H2,1-2H3,(H,26,30)(H,32,33)(H,34,35)(H2,27,28,36).